The molecule has 1 unspecified atom stereocenters. The van der Waals surface area contributed by atoms with Gasteiger partial charge in [0.25, 0.3) is 0 Å². The molecular weight excluding hydrogens is 310 g/mol. The summed E-state index contributed by atoms with van der Waals surface area (Å²) in [5.74, 6) is 3.59. The number of benzene rings is 1. The third kappa shape index (κ3) is 8.58. The first-order chi connectivity index (χ1) is 11.5. The molecule has 1 aromatic rings. The molecule has 1 aliphatic rings. The van der Waals surface area contributed by atoms with Gasteiger partial charge in [-0.2, -0.15) is 11.8 Å². The third-order valence-electron chi connectivity index (χ3n) is 4.24. The van der Waals surface area contributed by atoms with Gasteiger partial charge in [-0.1, -0.05) is 65.8 Å². The predicted molar refractivity (Wildman–Crippen MR) is 112 cm³/mol. The molecule has 0 saturated carbocycles. The van der Waals surface area contributed by atoms with Crippen LogP contribution in [0.15, 0.2) is 24.3 Å². The lowest BCUT2D eigenvalue weighted by Crippen LogP contribution is -2.20. The van der Waals surface area contributed by atoms with Crippen LogP contribution in [0, 0.1) is 11.3 Å². The van der Waals surface area contributed by atoms with Crippen molar-refractivity contribution in [2.75, 3.05) is 24.6 Å². The molecule has 2 rings (SSSR count). The number of hydrogen-bond donors (Lipinski definition) is 0. The van der Waals surface area contributed by atoms with Crippen LogP contribution in [0.25, 0.3) is 0 Å². The second kappa shape index (κ2) is 11.2. The van der Waals surface area contributed by atoms with E-state index in [0.29, 0.717) is 5.41 Å². The molecule has 0 spiro atoms. The van der Waals surface area contributed by atoms with Gasteiger partial charge in [-0.3, -0.25) is 4.90 Å². The van der Waals surface area contributed by atoms with Gasteiger partial charge >= 0.3 is 0 Å². The molecule has 2 heteroatoms. The smallest absolute Gasteiger partial charge is 0.0233 e. The molecule has 0 aromatic heterocycles. The molecule has 1 atom stereocenters. The topological polar surface area (TPSA) is 3.24 Å². The fraction of sp³-hybridized carbons (Fsp3) is 0.727. The van der Waals surface area contributed by atoms with E-state index < -0.39 is 0 Å². The molecule has 0 amide bonds. The molecule has 0 bridgehead atoms. The van der Waals surface area contributed by atoms with Crippen molar-refractivity contribution in [2.24, 2.45) is 11.3 Å². The molecular formula is C22H39NS. The zero-order chi connectivity index (χ0) is 18.0. The fourth-order valence-corrected chi connectivity index (χ4v) is 4.28. The minimum absolute atomic E-state index is 0.375. The van der Waals surface area contributed by atoms with Crippen LogP contribution in [0.1, 0.15) is 65.5 Å². The van der Waals surface area contributed by atoms with E-state index >= 15 is 0 Å². The molecule has 0 radical (unpaired) electrons. The lowest BCUT2D eigenvalue weighted by molar-refractivity contribution is 0.321. The van der Waals surface area contributed by atoms with Gasteiger partial charge in [-0.15, -0.1) is 0 Å². The van der Waals surface area contributed by atoms with Gasteiger partial charge < -0.3 is 0 Å². The molecule has 0 N–H and O–H groups in total. The highest BCUT2D eigenvalue weighted by molar-refractivity contribution is 7.99. The van der Waals surface area contributed by atoms with Crippen molar-refractivity contribution in [3.05, 3.63) is 35.4 Å². The minimum atomic E-state index is 0.375. The Labute approximate surface area is 155 Å². The number of hydrogen-bond acceptors (Lipinski definition) is 2. The highest BCUT2D eigenvalue weighted by atomic mass is 32.2. The first-order valence-electron chi connectivity index (χ1n) is 9.84. The van der Waals surface area contributed by atoms with Crippen molar-refractivity contribution in [3.8, 4) is 0 Å². The largest absolute Gasteiger partial charge is 0.299 e. The third-order valence-corrected chi connectivity index (χ3v) is 5.64. The highest BCUT2D eigenvalue weighted by Crippen LogP contribution is 2.24. The Morgan fingerprint density at radius 3 is 2.29 bits per heavy atom. The van der Waals surface area contributed by atoms with Crippen LogP contribution in [0.4, 0.5) is 0 Å². The van der Waals surface area contributed by atoms with Crippen LogP contribution >= 0.6 is 11.8 Å². The zero-order valence-electron chi connectivity index (χ0n) is 16.9. The van der Waals surface area contributed by atoms with E-state index in [1.54, 1.807) is 0 Å². The van der Waals surface area contributed by atoms with Gasteiger partial charge in [-0.25, -0.2) is 0 Å². The van der Waals surface area contributed by atoms with Crippen LogP contribution in [-0.4, -0.2) is 29.5 Å². The van der Waals surface area contributed by atoms with Crippen LogP contribution in [0.3, 0.4) is 0 Å². The average Bonchev–Trinajstić information content (AvgIpc) is 2.98. The highest BCUT2D eigenvalue weighted by Gasteiger charge is 2.22. The Morgan fingerprint density at radius 1 is 1.08 bits per heavy atom. The SMILES string of the molecule is CC.CCCSCC1CCN(Cc2ccc(CC(C)(C)C)cc2)C1. The maximum Gasteiger partial charge on any atom is 0.0233 e. The van der Waals surface area contributed by atoms with Crippen molar-refractivity contribution >= 4 is 11.8 Å². The van der Waals surface area contributed by atoms with Crippen LogP contribution < -0.4 is 0 Å². The van der Waals surface area contributed by atoms with Crippen molar-refractivity contribution in [1.29, 1.82) is 0 Å². The monoisotopic (exact) mass is 349 g/mol. The molecule has 0 aliphatic carbocycles. The fourth-order valence-electron chi connectivity index (χ4n) is 3.22. The molecule has 1 saturated heterocycles. The molecule has 24 heavy (non-hydrogen) atoms. The number of thioether (sulfide) groups is 1. The quantitative estimate of drug-likeness (QED) is 0.534. The maximum absolute atomic E-state index is 2.63. The van der Waals surface area contributed by atoms with Gasteiger partial charge in [0.15, 0.2) is 0 Å². The van der Waals surface area contributed by atoms with Crippen molar-refractivity contribution in [3.63, 3.8) is 0 Å². The predicted octanol–water partition coefficient (Wildman–Crippen LogP) is 6.27. The molecule has 1 heterocycles. The van der Waals surface area contributed by atoms with Crippen molar-refractivity contribution < 1.29 is 0 Å². The molecule has 1 aromatic carbocycles. The Hall–Kier alpha value is -0.470. The number of nitrogens with zero attached hydrogens (tertiary/aromatic N) is 1. The van der Waals surface area contributed by atoms with Crippen LogP contribution in [-0.2, 0) is 13.0 Å². The van der Waals surface area contributed by atoms with E-state index in [2.05, 4.69) is 68.6 Å². The lowest BCUT2D eigenvalue weighted by Gasteiger charge is -2.19. The Morgan fingerprint density at radius 2 is 1.71 bits per heavy atom. The standard InChI is InChI=1S/C20H33NS.C2H6/c1-5-12-22-16-19-10-11-21(15-19)14-18-8-6-17(7-9-18)13-20(2,3)4;1-2/h6-9,19H,5,10-16H2,1-4H3;1-2H3. The minimum Gasteiger partial charge on any atom is -0.299 e. The Bertz CT molecular complexity index is 432. The summed E-state index contributed by atoms with van der Waals surface area (Å²) in [5, 5.41) is 0. The summed E-state index contributed by atoms with van der Waals surface area (Å²) >= 11 is 2.14. The van der Waals surface area contributed by atoms with Gasteiger partial charge in [0, 0.05) is 13.1 Å². The number of likely N-dealkylation sites (tertiary alicyclic amines) is 1. The van der Waals surface area contributed by atoms with Crippen LogP contribution in [0.2, 0.25) is 0 Å². The van der Waals surface area contributed by atoms with Gasteiger partial charge in [0.1, 0.15) is 0 Å². The first-order valence-corrected chi connectivity index (χ1v) is 11.0. The summed E-state index contributed by atoms with van der Waals surface area (Å²) in [6, 6.07) is 9.32. The van der Waals surface area contributed by atoms with Gasteiger partial charge in [0.05, 0.1) is 0 Å². The Balaban J connectivity index is 0.00000139. The average molecular weight is 350 g/mol. The van der Waals surface area contributed by atoms with Gasteiger partial charge in [-0.05, 0) is 59.8 Å². The molecule has 1 aliphatic heterocycles. The summed E-state index contributed by atoms with van der Waals surface area (Å²) in [7, 11) is 0. The Kier molecular flexibility index (Phi) is 10.1. The lowest BCUT2D eigenvalue weighted by atomic mass is 9.88. The second-order valence-electron chi connectivity index (χ2n) is 8.02. The zero-order valence-corrected chi connectivity index (χ0v) is 17.7. The van der Waals surface area contributed by atoms with E-state index in [4.69, 9.17) is 0 Å². The van der Waals surface area contributed by atoms with E-state index in [1.165, 1.54) is 48.6 Å². The second-order valence-corrected chi connectivity index (χ2v) is 9.17. The maximum atomic E-state index is 2.63. The van der Waals surface area contributed by atoms with Gasteiger partial charge in [0.2, 0.25) is 0 Å². The van der Waals surface area contributed by atoms with Crippen molar-refractivity contribution in [1.82, 2.24) is 4.90 Å². The van der Waals surface area contributed by atoms with E-state index in [9.17, 15) is 0 Å². The first kappa shape index (κ1) is 21.6. The van der Waals surface area contributed by atoms with Crippen LogP contribution in [0.5, 0.6) is 0 Å². The summed E-state index contributed by atoms with van der Waals surface area (Å²) < 4.78 is 0. The molecule has 138 valence electrons. The summed E-state index contributed by atoms with van der Waals surface area (Å²) in [6.07, 6.45) is 3.86. The molecule has 1 nitrogen and oxygen atoms in total. The summed E-state index contributed by atoms with van der Waals surface area (Å²) in [4.78, 5) is 2.63. The van der Waals surface area contributed by atoms with Crippen molar-refractivity contribution in [2.45, 2.75) is 67.3 Å². The van der Waals surface area contributed by atoms with E-state index in [-0.39, 0.29) is 0 Å². The summed E-state index contributed by atoms with van der Waals surface area (Å²) in [5.41, 5.74) is 3.31. The van der Waals surface area contributed by atoms with E-state index in [0.717, 1.165) is 18.9 Å². The normalized spacial score (nSPS) is 18.3. The summed E-state index contributed by atoms with van der Waals surface area (Å²) in [6.45, 7) is 16.9. The molecule has 1 fully saturated rings. The number of rotatable bonds is 7. The van der Waals surface area contributed by atoms with E-state index in [1.807, 2.05) is 13.8 Å².